The first-order valence-corrected chi connectivity index (χ1v) is 10.2. The number of carbonyl (C=O) groups excluding carboxylic acids is 1. The fourth-order valence-electron chi connectivity index (χ4n) is 3.05. The van der Waals surface area contributed by atoms with Crippen LogP contribution >= 0.6 is 15.9 Å². The Kier molecular flexibility index (Phi) is 6.00. The Bertz CT molecular complexity index is 1120. The van der Waals surface area contributed by atoms with Crippen LogP contribution in [0.3, 0.4) is 0 Å². The highest BCUT2D eigenvalue weighted by Gasteiger charge is 2.22. The molecule has 0 amide bonds. The van der Waals surface area contributed by atoms with Gasteiger partial charge in [-0.2, -0.15) is 0 Å². The molecular formula is C25H19BrO4. The van der Waals surface area contributed by atoms with Crippen LogP contribution in [-0.2, 0) is 16.1 Å². The average molecular weight is 463 g/mol. The van der Waals surface area contributed by atoms with E-state index < -0.39 is 0 Å². The number of cyclic esters (lactones) is 1. The number of benzene rings is 3. The zero-order chi connectivity index (χ0) is 20.9. The lowest BCUT2D eigenvalue weighted by Gasteiger charge is -2.11. The third-order valence-electron chi connectivity index (χ3n) is 4.60. The molecule has 0 unspecified atom stereocenters. The molecule has 3 aromatic rings. The quantitative estimate of drug-likeness (QED) is 0.332. The molecule has 1 heterocycles. The third kappa shape index (κ3) is 4.63. The Hall–Kier alpha value is -3.31. The van der Waals surface area contributed by atoms with Crippen LogP contribution in [0.15, 0.2) is 88.9 Å². The molecular weight excluding hydrogens is 444 g/mol. The monoisotopic (exact) mass is 462 g/mol. The van der Waals surface area contributed by atoms with E-state index in [0.29, 0.717) is 29.4 Å². The van der Waals surface area contributed by atoms with Crippen molar-refractivity contribution >= 4 is 33.7 Å². The van der Waals surface area contributed by atoms with E-state index in [1.54, 1.807) is 19.3 Å². The van der Waals surface area contributed by atoms with E-state index in [9.17, 15) is 4.79 Å². The summed E-state index contributed by atoms with van der Waals surface area (Å²) in [6.07, 6.45) is 3.52. The van der Waals surface area contributed by atoms with Gasteiger partial charge in [0.05, 0.1) is 12.7 Å². The molecule has 0 aromatic heterocycles. The van der Waals surface area contributed by atoms with E-state index in [2.05, 4.69) is 15.9 Å². The van der Waals surface area contributed by atoms with Gasteiger partial charge in [0.25, 0.3) is 0 Å². The van der Waals surface area contributed by atoms with Crippen molar-refractivity contribution in [2.75, 3.05) is 7.11 Å². The topological polar surface area (TPSA) is 44.8 Å². The van der Waals surface area contributed by atoms with Gasteiger partial charge in [-0.25, -0.2) is 4.79 Å². The third-order valence-corrected chi connectivity index (χ3v) is 5.13. The Morgan fingerprint density at radius 1 is 0.967 bits per heavy atom. The Morgan fingerprint density at radius 3 is 2.47 bits per heavy atom. The lowest BCUT2D eigenvalue weighted by atomic mass is 10.1. The second-order valence-corrected chi connectivity index (χ2v) is 7.60. The van der Waals surface area contributed by atoms with E-state index in [1.165, 1.54) is 0 Å². The normalized spacial score (nSPS) is 14.4. The minimum absolute atomic E-state index is 0.378. The summed E-state index contributed by atoms with van der Waals surface area (Å²) in [5.41, 5.74) is 3.22. The summed E-state index contributed by atoms with van der Waals surface area (Å²) in [5, 5.41) is 0. The SMILES string of the molecule is COc1cc(/C=C2\C=C(c3ccc(Br)cc3)OC2=O)ccc1OCc1ccccc1. The maximum absolute atomic E-state index is 12.3. The maximum atomic E-state index is 12.3. The van der Waals surface area contributed by atoms with Crippen LogP contribution < -0.4 is 9.47 Å². The summed E-state index contributed by atoms with van der Waals surface area (Å²) in [6, 6.07) is 23.1. The van der Waals surface area contributed by atoms with Crippen molar-refractivity contribution in [3.63, 3.8) is 0 Å². The molecule has 0 radical (unpaired) electrons. The predicted octanol–water partition coefficient (Wildman–Crippen LogP) is 6.02. The van der Waals surface area contributed by atoms with Crippen molar-refractivity contribution < 1.29 is 19.0 Å². The molecule has 0 N–H and O–H groups in total. The minimum Gasteiger partial charge on any atom is -0.493 e. The molecule has 0 fully saturated rings. The van der Waals surface area contributed by atoms with E-state index in [0.717, 1.165) is 21.2 Å². The molecule has 0 saturated heterocycles. The number of methoxy groups -OCH3 is 1. The molecule has 0 spiro atoms. The van der Waals surface area contributed by atoms with Gasteiger partial charge in [0.2, 0.25) is 0 Å². The number of esters is 1. The standard InChI is InChI=1S/C25H19BrO4/c1-28-24-14-18(7-12-22(24)29-16-17-5-3-2-4-6-17)13-20-15-23(30-25(20)27)19-8-10-21(26)11-9-19/h2-15H,16H2,1H3/b20-13+. The number of rotatable bonds is 6. The lowest BCUT2D eigenvalue weighted by molar-refractivity contribution is -0.130. The summed E-state index contributed by atoms with van der Waals surface area (Å²) >= 11 is 3.40. The van der Waals surface area contributed by atoms with Crippen molar-refractivity contribution in [3.8, 4) is 11.5 Å². The lowest BCUT2D eigenvalue weighted by Crippen LogP contribution is -1.99. The Labute approximate surface area is 183 Å². The van der Waals surface area contributed by atoms with Crippen molar-refractivity contribution in [3.05, 3.63) is 106 Å². The molecule has 5 heteroatoms. The highest BCUT2D eigenvalue weighted by molar-refractivity contribution is 9.10. The van der Waals surface area contributed by atoms with Gasteiger partial charge in [0, 0.05) is 10.0 Å². The van der Waals surface area contributed by atoms with Gasteiger partial charge in [-0.15, -0.1) is 0 Å². The molecule has 0 bridgehead atoms. The van der Waals surface area contributed by atoms with E-state index in [-0.39, 0.29) is 5.97 Å². The van der Waals surface area contributed by atoms with E-state index in [4.69, 9.17) is 14.2 Å². The predicted molar refractivity (Wildman–Crippen MR) is 120 cm³/mol. The van der Waals surface area contributed by atoms with Gasteiger partial charge in [0.1, 0.15) is 12.4 Å². The number of ether oxygens (including phenoxy) is 3. The van der Waals surface area contributed by atoms with Crippen LogP contribution in [0.2, 0.25) is 0 Å². The first kappa shape index (κ1) is 20.0. The second-order valence-electron chi connectivity index (χ2n) is 6.69. The maximum Gasteiger partial charge on any atom is 0.343 e. The van der Waals surface area contributed by atoms with Crippen molar-refractivity contribution in [2.45, 2.75) is 6.61 Å². The van der Waals surface area contributed by atoms with Crippen molar-refractivity contribution in [1.29, 1.82) is 0 Å². The highest BCUT2D eigenvalue weighted by atomic mass is 79.9. The zero-order valence-corrected chi connectivity index (χ0v) is 17.9. The first-order valence-electron chi connectivity index (χ1n) is 9.38. The van der Waals surface area contributed by atoms with E-state index >= 15 is 0 Å². The van der Waals surface area contributed by atoms with Crippen molar-refractivity contribution in [2.24, 2.45) is 0 Å². The molecule has 3 aromatic carbocycles. The summed E-state index contributed by atoms with van der Waals surface area (Å²) in [7, 11) is 1.59. The molecule has 0 aliphatic carbocycles. The molecule has 4 rings (SSSR count). The fourth-order valence-corrected chi connectivity index (χ4v) is 3.32. The summed E-state index contributed by atoms with van der Waals surface area (Å²) < 4.78 is 17.8. The zero-order valence-electron chi connectivity index (χ0n) is 16.3. The van der Waals surface area contributed by atoms with Gasteiger partial charge in [-0.1, -0.05) is 64.5 Å². The Morgan fingerprint density at radius 2 is 1.73 bits per heavy atom. The number of carbonyl (C=O) groups is 1. The van der Waals surface area contributed by atoms with Crippen LogP contribution in [0, 0.1) is 0 Å². The number of hydrogen-bond donors (Lipinski definition) is 0. The summed E-state index contributed by atoms with van der Waals surface area (Å²) in [6.45, 7) is 0.448. The number of halogens is 1. The fraction of sp³-hybridized carbons (Fsp3) is 0.0800. The van der Waals surface area contributed by atoms with Gasteiger partial charge in [-0.3, -0.25) is 0 Å². The van der Waals surface area contributed by atoms with Crippen LogP contribution in [0.4, 0.5) is 0 Å². The van der Waals surface area contributed by atoms with Gasteiger partial charge < -0.3 is 14.2 Å². The van der Waals surface area contributed by atoms with Crippen molar-refractivity contribution in [1.82, 2.24) is 0 Å². The molecule has 0 saturated carbocycles. The molecule has 1 aliphatic heterocycles. The first-order chi connectivity index (χ1) is 14.6. The van der Waals surface area contributed by atoms with Crippen LogP contribution in [-0.4, -0.2) is 13.1 Å². The molecule has 0 atom stereocenters. The largest absolute Gasteiger partial charge is 0.493 e. The number of hydrogen-bond acceptors (Lipinski definition) is 4. The van der Waals surface area contributed by atoms with Gasteiger partial charge in [0.15, 0.2) is 11.5 Å². The van der Waals surface area contributed by atoms with Crippen LogP contribution in [0.25, 0.3) is 11.8 Å². The van der Waals surface area contributed by atoms with Crippen LogP contribution in [0.1, 0.15) is 16.7 Å². The van der Waals surface area contributed by atoms with Gasteiger partial charge >= 0.3 is 5.97 Å². The minimum atomic E-state index is -0.378. The Balaban J connectivity index is 1.54. The van der Waals surface area contributed by atoms with Crippen LogP contribution in [0.5, 0.6) is 11.5 Å². The van der Waals surface area contributed by atoms with Gasteiger partial charge in [-0.05, 0) is 47.5 Å². The average Bonchev–Trinajstić information content (AvgIpc) is 3.14. The highest BCUT2D eigenvalue weighted by Crippen LogP contribution is 2.32. The molecule has 4 nitrogen and oxygen atoms in total. The second kappa shape index (κ2) is 9.01. The summed E-state index contributed by atoms with van der Waals surface area (Å²) in [5.74, 6) is 1.40. The molecule has 150 valence electrons. The summed E-state index contributed by atoms with van der Waals surface area (Å²) in [4.78, 5) is 12.3. The van der Waals surface area contributed by atoms with E-state index in [1.807, 2.05) is 72.8 Å². The molecule has 1 aliphatic rings. The smallest absolute Gasteiger partial charge is 0.343 e. The molecule has 30 heavy (non-hydrogen) atoms.